The predicted octanol–water partition coefficient (Wildman–Crippen LogP) is 1.98. The number of hydrogen-bond donors (Lipinski definition) is 2. The summed E-state index contributed by atoms with van der Waals surface area (Å²) in [6.45, 7) is 4.19. The molecule has 0 heterocycles. The second-order valence-corrected chi connectivity index (χ2v) is 7.15. The van der Waals surface area contributed by atoms with Crippen LogP contribution in [-0.2, 0) is 14.8 Å². The maximum atomic E-state index is 12.3. The van der Waals surface area contributed by atoms with Crippen molar-refractivity contribution in [2.45, 2.75) is 24.8 Å². The molecule has 0 aliphatic heterocycles. The van der Waals surface area contributed by atoms with Crippen molar-refractivity contribution in [3.05, 3.63) is 22.7 Å². The molecule has 108 valence electrons. The van der Waals surface area contributed by atoms with E-state index in [-0.39, 0.29) is 16.9 Å². The molecule has 0 saturated heterocycles. The topological polar surface area (TPSA) is 81.4 Å². The number of rotatable bonds is 6. The summed E-state index contributed by atoms with van der Waals surface area (Å²) in [4.78, 5) is 0.170. The number of methoxy groups -OCH3 is 1. The Morgan fingerprint density at radius 3 is 2.53 bits per heavy atom. The van der Waals surface area contributed by atoms with Gasteiger partial charge in [0.05, 0.1) is 11.5 Å². The van der Waals surface area contributed by atoms with E-state index in [1.807, 2.05) is 13.8 Å². The molecule has 1 rings (SSSR count). The fraction of sp³-hybridized carbons (Fsp3) is 0.500. The van der Waals surface area contributed by atoms with Crippen LogP contribution in [0.5, 0.6) is 0 Å². The SMILES string of the molecule is COCC(NS(=O)(=O)c1ccc(N)cc1Br)C(C)C. The first-order chi connectivity index (χ1) is 8.77. The Bertz CT molecular complexity index is 532. The van der Waals surface area contributed by atoms with Gasteiger partial charge >= 0.3 is 0 Å². The molecule has 1 aromatic rings. The summed E-state index contributed by atoms with van der Waals surface area (Å²) in [6.07, 6.45) is 0. The molecule has 0 radical (unpaired) electrons. The van der Waals surface area contributed by atoms with Gasteiger partial charge in [0.2, 0.25) is 10.0 Å². The average molecular weight is 351 g/mol. The zero-order valence-electron chi connectivity index (χ0n) is 11.2. The first-order valence-electron chi connectivity index (χ1n) is 5.84. The van der Waals surface area contributed by atoms with Gasteiger partial charge in [-0.3, -0.25) is 0 Å². The number of nitrogens with two attached hydrogens (primary N) is 1. The summed E-state index contributed by atoms with van der Waals surface area (Å²) in [5, 5.41) is 0. The van der Waals surface area contributed by atoms with Gasteiger partial charge in [0.15, 0.2) is 0 Å². The summed E-state index contributed by atoms with van der Waals surface area (Å²) in [5.74, 6) is 0.127. The monoisotopic (exact) mass is 350 g/mol. The maximum absolute atomic E-state index is 12.3. The fourth-order valence-corrected chi connectivity index (χ4v) is 4.00. The Labute approximate surface area is 122 Å². The van der Waals surface area contributed by atoms with Gasteiger partial charge in [0.25, 0.3) is 0 Å². The molecule has 1 unspecified atom stereocenters. The van der Waals surface area contributed by atoms with Gasteiger partial charge in [-0.2, -0.15) is 0 Å². The van der Waals surface area contributed by atoms with Gasteiger partial charge in [-0.15, -0.1) is 0 Å². The van der Waals surface area contributed by atoms with Crippen molar-refractivity contribution in [2.75, 3.05) is 19.5 Å². The number of anilines is 1. The molecule has 5 nitrogen and oxygen atoms in total. The molecule has 0 fully saturated rings. The Hall–Kier alpha value is -0.630. The Balaban J connectivity index is 3.03. The molecule has 1 aromatic carbocycles. The third kappa shape index (κ3) is 4.45. The lowest BCUT2D eigenvalue weighted by atomic mass is 10.1. The molecule has 3 N–H and O–H groups in total. The third-order valence-corrected chi connectivity index (χ3v) is 5.17. The summed E-state index contributed by atoms with van der Waals surface area (Å²) in [5.41, 5.74) is 6.11. The van der Waals surface area contributed by atoms with Gasteiger partial charge in [-0.25, -0.2) is 13.1 Å². The highest BCUT2D eigenvalue weighted by Crippen LogP contribution is 2.24. The van der Waals surface area contributed by atoms with Crippen molar-refractivity contribution < 1.29 is 13.2 Å². The molecule has 0 saturated carbocycles. The molecule has 0 aliphatic rings. The lowest BCUT2D eigenvalue weighted by Crippen LogP contribution is -2.41. The van der Waals surface area contributed by atoms with E-state index in [0.29, 0.717) is 16.8 Å². The van der Waals surface area contributed by atoms with Crippen LogP contribution in [0.25, 0.3) is 0 Å². The molecule has 0 spiro atoms. The number of halogens is 1. The average Bonchev–Trinajstić information content (AvgIpc) is 2.27. The second-order valence-electron chi connectivity index (χ2n) is 4.62. The number of benzene rings is 1. The molecule has 1 atom stereocenters. The second kappa shape index (κ2) is 6.69. The first kappa shape index (κ1) is 16.4. The van der Waals surface area contributed by atoms with Crippen LogP contribution in [-0.4, -0.2) is 28.2 Å². The zero-order valence-corrected chi connectivity index (χ0v) is 13.6. The minimum absolute atomic E-state index is 0.127. The fourth-order valence-electron chi connectivity index (χ4n) is 1.54. The Kier molecular flexibility index (Phi) is 5.79. The predicted molar refractivity (Wildman–Crippen MR) is 79.4 cm³/mol. The van der Waals surface area contributed by atoms with Gasteiger partial charge in [-0.05, 0) is 40.0 Å². The molecule has 19 heavy (non-hydrogen) atoms. The highest BCUT2D eigenvalue weighted by molar-refractivity contribution is 9.10. The quantitative estimate of drug-likeness (QED) is 0.768. The van der Waals surface area contributed by atoms with E-state index in [1.54, 1.807) is 19.2 Å². The van der Waals surface area contributed by atoms with Crippen molar-refractivity contribution in [3.8, 4) is 0 Å². The minimum atomic E-state index is -3.61. The van der Waals surface area contributed by atoms with Crippen LogP contribution in [0.3, 0.4) is 0 Å². The first-order valence-corrected chi connectivity index (χ1v) is 8.12. The highest BCUT2D eigenvalue weighted by Gasteiger charge is 2.24. The van der Waals surface area contributed by atoms with E-state index >= 15 is 0 Å². The van der Waals surface area contributed by atoms with Crippen LogP contribution < -0.4 is 10.5 Å². The third-order valence-electron chi connectivity index (χ3n) is 2.70. The Morgan fingerprint density at radius 1 is 1.42 bits per heavy atom. The molecule has 0 aliphatic carbocycles. The molecular formula is C12H19BrN2O3S. The van der Waals surface area contributed by atoms with Crippen molar-refractivity contribution >= 4 is 31.6 Å². The number of sulfonamides is 1. The smallest absolute Gasteiger partial charge is 0.242 e. The number of ether oxygens (including phenoxy) is 1. The highest BCUT2D eigenvalue weighted by atomic mass is 79.9. The standard InChI is InChI=1S/C12H19BrN2O3S/c1-8(2)11(7-18-3)15-19(16,17)12-5-4-9(14)6-10(12)13/h4-6,8,11,15H,7,14H2,1-3H3. The lowest BCUT2D eigenvalue weighted by Gasteiger charge is -2.21. The van der Waals surface area contributed by atoms with Crippen molar-refractivity contribution in [1.29, 1.82) is 0 Å². The van der Waals surface area contributed by atoms with E-state index < -0.39 is 10.0 Å². The number of nitrogens with one attached hydrogen (secondary N) is 1. The van der Waals surface area contributed by atoms with E-state index in [0.717, 1.165) is 0 Å². The molecular weight excluding hydrogens is 332 g/mol. The molecule has 0 aromatic heterocycles. The van der Waals surface area contributed by atoms with Crippen molar-refractivity contribution in [1.82, 2.24) is 4.72 Å². The van der Waals surface area contributed by atoms with Crippen LogP contribution in [0, 0.1) is 5.92 Å². The summed E-state index contributed by atoms with van der Waals surface area (Å²) >= 11 is 3.22. The molecule has 0 bridgehead atoms. The van der Waals surface area contributed by atoms with Crippen LogP contribution >= 0.6 is 15.9 Å². The van der Waals surface area contributed by atoms with E-state index in [2.05, 4.69) is 20.7 Å². The number of nitrogen functional groups attached to an aromatic ring is 1. The van der Waals surface area contributed by atoms with Gasteiger partial charge in [0, 0.05) is 23.3 Å². The largest absolute Gasteiger partial charge is 0.399 e. The van der Waals surface area contributed by atoms with Gasteiger partial charge in [-0.1, -0.05) is 13.8 Å². The van der Waals surface area contributed by atoms with Crippen LogP contribution in [0.15, 0.2) is 27.6 Å². The zero-order chi connectivity index (χ0) is 14.6. The van der Waals surface area contributed by atoms with Crippen LogP contribution in [0.2, 0.25) is 0 Å². The Morgan fingerprint density at radius 2 is 2.05 bits per heavy atom. The summed E-state index contributed by atoms with van der Waals surface area (Å²) in [7, 11) is -2.06. The van der Waals surface area contributed by atoms with E-state index in [1.165, 1.54) is 6.07 Å². The van der Waals surface area contributed by atoms with Gasteiger partial charge < -0.3 is 10.5 Å². The van der Waals surface area contributed by atoms with Crippen molar-refractivity contribution in [3.63, 3.8) is 0 Å². The summed E-state index contributed by atoms with van der Waals surface area (Å²) < 4.78 is 32.8. The van der Waals surface area contributed by atoms with Crippen molar-refractivity contribution in [2.24, 2.45) is 5.92 Å². The lowest BCUT2D eigenvalue weighted by molar-refractivity contribution is 0.157. The maximum Gasteiger partial charge on any atom is 0.242 e. The molecule has 0 amide bonds. The van der Waals surface area contributed by atoms with Crippen LogP contribution in [0.1, 0.15) is 13.8 Å². The number of hydrogen-bond acceptors (Lipinski definition) is 4. The van der Waals surface area contributed by atoms with E-state index in [4.69, 9.17) is 10.5 Å². The minimum Gasteiger partial charge on any atom is -0.399 e. The normalized spacial score (nSPS) is 13.7. The molecule has 7 heteroatoms. The van der Waals surface area contributed by atoms with E-state index in [9.17, 15) is 8.42 Å². The summed E-state index contributed by atoms with van der Waals surface area (Å²) in [6, 6.07) is 4.32. The van der Waals surface area contributed by atoms with Gasteiger partial charge in [0.1, 0.15) is 0 Å². The van der Waals surface area contributed by atoms with Crippen LogP contribution in [0.4, 0.5) is 5.69 Å².